The van der Waals surface area contributed by atoms with Crippen molar-refractivity contribution in [2.24, 2.45) is 5.73 Å². The second kappa shape index (κ2) is 6.38. The van der Waals surface area contributed by atoms with Gasteiger partial charge in [-0.25, -0.2) is 0 Å². The maximum atomic E-state index is 12.5. The molecule has 2 rings (SSSR count). The minimum Gasteiger partial charge on any atom is -0.508 e. The zero-order valence-corrected chi connectivity index (χ0v) is 11.2. The van der Waals surface area contributed by atoms with Gasteiger partial charge in [-0.15, -0.1) is 0 Å². The lowest BCUT2D eigenvalue weighted by molar-refractivity contribution is -0.119. The fourth-order valence-corrected chi connectivity index (χ4v) is 2.46. The second-order valence-corrected chi connectivity index (χ2v) is 4.93. The summed E-state index contributed by atoms with van der Waals surface area (Å²) in [6.45, 7) is 1.53. The van der Waals surface area contributed by atoms with Crippen LogP contribution in [0.25, 0.3) is 0 Å². The summed E-state index contributed by atoms with van der Waals surface area (Å²) < 4.78 is 0. The van der Waals surface area contributed by atoms with E-state index < -0.39 is 5.91 Å². The average Bonchev–Trinajstić information content (AvgIpc) is 2.45. The molecule has 20 heavy (non-hydrogen) atoms. The predicted molar refractivity (Wildman–Crippen MR) is 74.2 cm³/mol. The number of carbonyl (C=O) groups excluding carboxylic acids is 2. The van der Waals surface area contributed by atoms with Crippen LogP contribution in [-0.2, 0) is 4.79 Å². The molecule has 0 radical (unpaired) electrons. The fraction of sp³-hybridized carbons (Fsp3) is 0.429. The molecular formula is C14H19N3O3. The molecule has 2 amide bonds. The fourth-order valence-electron chi connectivity index (χ4n) is 2.46. The van der Waals surface area contributed by atoms with Crippen LogP contribution in [-0.4, -0.2) is 47.5 Å². The van der Waals surface area contributed by atoms with Crippen molar-refractivity contribution in [1.29, 1.82) is 0 Å². The molecule has 4 N–H and O–H groups in total. The van der Waals surface area contributed by atoms with E-state index in [9.17, 15) is 14.7 Å². The van der Waals surface area contributed by atoms with E-state index in [1.165, 1.54) is 17.0 Å². The van der Waals surface area contributed by atoms with Crippen molar-refractivity contribution >= 4 is 11.8 Å². The molecule has 0 unspecified atom stereocenters. The van der Waals surface area contributed by atoms with Crippen LogP contribution in [0.2, 0.25) is 0 Å². The Balaban J connectivity index is 2.20. The van der Waals surface area contributed by atoms with Crippen LogP contribution in [0.1, 0.15) is 23.2 Å². The Bertz CT molecular complexity index is 498. The SMILES string of the molecule is NC(=O)CN(C(=O)c1cccc(O)c1)C1CCNCC1. The maximum Gasteiger partial charge on any atom is 0.254 e. The van der Waals surface area contributed by atoms with E-state index in [4.69, 9.17) is 5.73 Å². The van der Waals surface area contributed by atoms with Crippen LogP contribution < -0.4 is 11.1 Å². The van der Waals surface area contributed by atoms with Gasteiger partial charge in [0.1, 0.15) is 5.75 Å². The van der Waals surface area contributed by atoms with Gasteiger partial charge in [0.05, 0.1) is 6.54 Å². The monoisotopic (exact) mass is 277 g/mol. The molecule has 0 bridgehead atoms. The Labute approximate surface area is 117 Å². The minimum absolute atomic E-state index is 0.00130. The molecule has 1 saturated heterocycles. The van der Waals surface area contributed by atoms with E-state index in [0.29, 0.717) is 5.56 Å². The molecule has 0 spiro atoms. The number of phenolic OH excluding ortho intramolecular Hbond substituents is 1. The average molecular weight is 277 g/mol. The smallest absolute Gasteiger partial charge is 0.254 e. The standard InChI is InChI=1S/C14H19N3O3/c15-13(19)9-17(11-4-6-16-7-5-11)14(20)10-2-1-3-12(18)8-10/h1-3,8,11,16,18H,4-7,9H2,(H2,15,19). The number of carbonyl (C=O) groups is 2. The molecule has 1 aromatic carbocycles. The van der Waals surface area contributed by atoms with Crippen molar-refractivity contribution in [3.05, 3.63) is 29.8 Å². The van der Waals surface area contributed by atoms with Crippen molar-refractivity contribution in [2.75, 3.05) is 19.6 Å². The molecule has 1 fully saturated rings. The molecule has 0 aromatic heterocycles. The zero-order chi connectivity index (χ0) is 14.5. The van der Waals surface area contributed by atoms with Gasteiger partial charge in [-0.3, -0.25) is 9.59 Å². The van der Waals surface area contributed by atoms with Gasteiger partial charge in [0, 0.05) is 11.6 Å². The first-order valence-corrected chi connectivity index (χ1v) is 6.67. The Morgan fingerprint density at radius 3 is 2.65 bits per heavy atom. The van der Waals surface area contributed by atoms with Crippen LogP contribution >= 0.6 is 0 Å². The van der Waals surface area contributed by atoms with Crippen LogP contribution in [0.3, 0.4) is 0 Å². The summed E-state index contributed by atoms with van der Waals surface area (Å²) in [4.78, 5) is 25.2. The molecule has 0 saturated carbocycles. The van der Waals surface area contributed by atoms with Gasteiger partial charge in [0.15, 0.2) is 0 Å². The molecular weight excluding hydrogens is 258 g/mol. The number of aromatic hydroxyl groups is 1. The normalized spacial score (nSPS) is 15.8. The first-order valence-electron chi connectivity index (χ1n) is 6.67. The lowest BCUT2D eigenvalue weighted by Crippen LogP contribution is -2.49. The van der Waals surface area contributed by atoms with Crippen molar-refractivity contribution < 1.29 is 14.7 Å². The van der Waals surface area contributed by atoms with Crippen molar-refractivity contribution in [2.45, 2.75) is 18.9 Å². The highest BCUT2D eigenvalue weighted by Crippen LogP contribution is 2.18. The number of amides is 2. The maximum absolute atomic E-state index is 12.5. The summed E-state index contributed by atoms with van der Waals surface area (Å²) in [6.07, 6.45) is 1.58. The summed E-state index contributed by atoms with van der Waals surface area (Å²) in [5, 5.41) is 12.7. The number of nitrogens with two attached hydrogens (primary N) is 1. The third-order valence-corrected chi connectivity index (χ3v) is 3.43. The number of hydrogen-bond donors (Lipinski definition) is 3. The molecule has 1 heterocycles. The highest BCUT2D eigenvalue weighted by molar-refractivity contribution is 5.96. The van der Waals surface area contributed by atoms with Gasteiger partial charge in [-0.1, -0.05) is 6.07 Å². The Morgan fingerprint density at radius 2 is 2.05 bits per heavy atom. The molecule has 6 heteroatoms. The quantitative estimate of drug-likeness (QED) is 0.726. The van der Waals surface area contributed by atoms with Gasteiger partial charge in [-0.2, -0.15) is 0 Å². The number of nitrogens with zero attached hydrogens (tertiary/aromatic N) is 1. The third kappa shape index (κ3) is 3.48. The van der Waals surface area contributed by atoms with E-state index in [1.807, 2.05) is 0 Å². The summed E-state index contributed by atoms with van der Waals surface area (Å²) >= 11 is 0. The van der Waals surface area contributed by atoms with E-state index in [-0.39, 0.29) is 24.2 Å². The Morgan fingerprint density at radius 1 is 1.35 bits per heavy atom. The summed E-state index contributed by atoms with van der Waals surface area (Å²) in [5.74, 6) is -0.774. The van der Waals surface area contributed by atoms with Gasteiger partial charge in [-0.05, 0) is 44.1 Å². The van der Waals surface area contributed by atoms with Crippen LogP contribution in [0.4, 0.5) is 0 Å². The van der Waals surface area contributed by atoms with Gasteiger partial charge in [0.2, 0.25) is 5.91 Å². The molecule has 1 aliphatic heterocycles. The van der Waals surface area contributed by atoms with E-state index in [2.05, 4.69) is 5.32 Å². The highest BCUT2D eigenvalue weighted by Gasteiger charge is 2.27. The summed E-state index contributed by atoms with van der Waals surface area (Å²) in [6, 6.07) is 6.13. The number of rotatable bonds is 4. The van der Waals surface area contributed by atoms with Crippen LogP contribution in [0.5, 0.6) is 5.75 Å². The summed E-state index contributed by atoms with van der Waals surface area (Å²) in [7, 11) is 0. The first kappa shape index (κ1) is 14.3. The highest BCUT2D eigenvalue weighted by atomic mass is 16.3. The summed E-state index contributed by atoms with van der Waals surface area (Å²) in [5.41, 5.74) is 5.61. The number of primary amides is 1. The topological polar surface area (TPSA) is 95.7 Å². The molecule has 0 aliphatic carbocycles. The number of piperidine rings is 1. The van der Waals surface area contributed by atoms with E-state index in [1.54, 1.807) is 12.1 Å². The lowest BCUT2D eigenvalue weighted by Gasteiger charge is -2.34. The van der Waals surface area contributed by atoms with Crippen molar-refractivity contribution in [1.82, 2.24) is 10.2 Å². The van der Waals surface area contributed by atoms with Gasteiger partial charge < -0.3 is 21.1 Å². The number of hydrogen-bond acceptors (Lipinski definition) is 4. The molecule has 1 aromatic rings. The van der Waals surface area contributed by atoms with Gasteiger partial charge in [0.25, 0.3) is 5.91 Å². The van der Waals surface area contributed by atoms with E-state index >= 15 is 0 Å². The van der Waals surface area contributed by atoms with Crippen LogP contribution in [0.15, 0.2) is 24.3 Å². The van der Waals surface area contributed by atoms with Crippen LogP contribution in [0, 0.1) is 0 Å². The molecule has 108 valence electrons. The predicted octanol–water partition coefficient (Wildman–Crippen LogP) is 0.0717. The molecule has 6 nitrogen and oxygen atoms in total. The number of benzene rings is 1. The van der Waals surface area contributed by atoms with E-state index in [0.717, 1.165) is 25.9 Å². The molecule has 0 atom stereocenters. The third-order valence-electron chi connectivity index (χ3n) is 3.43. The number of nitrogens with one attached hydrogen (secondary N) is 1. The minimum atomic E-state index is -0.531. The van der Waals surface area contributed by atoms with Crippen molar-refractivity contribution in [3.63, 3.8) is 0 Å². The second-order valence-electron chi connectivity index (χ2n) is 4.93. The lowest BCUT2D eigenvalue weighted by atomic mass is 10.0. The zero-order valence-electron chi connectivity index (χ0n) is 11.2. The molecule has 1 aliphatic rings. The number of phenols is 1. The Kier molecular flexibility index (Phi) is 4.57. The van der Waals surface area contributed by atoms with Crippen molar-refractivity contribution in [3.8, 4) is 5.75 Å². The first-order chi connectivity index (χ1) is 9.58. The largest absolute Gasteiger partial charge is 0.508 e. The Hall–Kier alpha value is -2.08. The van der Waals surface area contributed by atoms with Gasteiger partial charge >= 0.3 is 0 Å².